The van der Waals surface area contributed by atoms with Crippen molar-refractivity contribution >= 4 is 64.1 Å². The number of halogens is 3. The van der Waals surface area contributed by atoms with Gasteiger partial charge in [0.1, 0.15) is 0 Å². The lowest BCUT2D eigenvalue weighted by atomic mass is 9.82. The molecule has 1 amide bonds. The molecule has 0 saturated heterocycles. The average molecular weight is 537 g/mol. The van der Waals surface area contributed by atoms with Crippen LogP contribution in [0.5, 0.6) is 0 Å². The number of nitriles is 1. The van der Waals surface area contributed by atoms with Gasteiger partial charge < -0.3 is 15.4 Å². The number of allylic oxidation sites excluding steroid dienone is 2. The molecule has 1 aliphatic heterocycles. The Labute approximate surface area is 216 Å². The molecule has 0 fully saturated rings. The third kappa shape index (κ3) is 6.08. The lowest BCUT2D eigenvalue weighted by Gasteiger charge is -2.29. The first-order valence-corrected chi connectivity index (χ1v) is 12.3. The van der Waals surface area contributed by atoms with E-state index in [0.29, 0.717) is 42.6 Å². The summed E-state index contributed by atoms with van der Waals surface area (Å²) < 4.78 is 5.25. The predicted molar refractivity (Wildman–Crippen MR) is 137 cm³/mol. The summed E-state index contributed by atoms with van der Waals surface area (Å²) in [7, 11) is 0. The highest BCUT2D eigenvalue weighted by Crippen LogP contribution is 2.43. The van der Waals surface area contributed by atoms with Gasteiger partial charge in [0.05, 0.1) is 40.5 Å². The van der Waals surface area contributed by atoms with Crippen molar-refractivity contribution in [2.24, 2.45) is 0 Å². The highest BCUT2D eigenvalue weighted by atomic mass is 35.5. The lowest BCUT2D eigenvalue weighted by molar-refractivity contribution is -0.138. The van der Waals surface area contributed by atoms with E-state index >= 15 is 0 Å². The Bertz CT molecular complexity index is 1220. The Balaban J connectivity index is 1.91. The number of benzene rings is 2. The van der Waals surface area contributed by atoms with Crippen molar-refractivity contribution in [3.63, 3.8) is 0 Å². The Morgan fingerprint density at radius 3 is 2.47 bits per heavy atom. The van der Waals surface area contributed by atoms with Crippen LogP contribution in [0.2, 0.25) is 15.1 Å². The van der Waals surface area contributed by atoms with Gasteiger partial charge in [0, 0.05) is 26.5 Å². The molecule has 2 aromatic carbocycles. The van der Waals surface area contributed by atoms with Crippen LogP contribution in [0.1, 0.15) is 25.3 Å². The summed E-state index contributed by atoms with van der Waals surface area (Å²) in [5.41, 5.74) is 2.15. The number of nitrogens with one attached hydrogen (secondary N) is 2. The maximum absolute atomic E-state index is 12.8. The topological polar surface area (TPSA) is 91.2 Å². The van der Waals surface area contributed by atoms with Crippen LogP contribution in [-0.4, -0.2) is 24.2 Å². The molecule has 2 N–H and O–H groups in total. The minimum Gasteiger partial charge on any atom is -0.463 e. The van der Waals surface area contributed by atoms with E-state index in [1.165, 1.54) is 0 Å². The SMILES string of the molecule is CCOC(=O)C1=C(C)NC(SCC(=O)Nc2cc(Cl)cc(Cl)c2)=C(C#N)C1c1ccccc1Cl. The minimum absolute atomic E-state index is 0.00505. The number of amides is 1. The summed E-state index contributed by atoms with van der Waals surface area (Å²) in [4.78, 5) is 25.4. The normalized spacial score (nSPS) is 15.5. The van der Waals surface area contributed by atoms with Crippen molar-refractivity contribution in [3.8, 4) is 6.07 Å². The van der Waals surface area contributed by atoms with Crippen LogP contribution >= 0.6 is 46.6 Å². The van der Waals surface area contributed by atoms with Crippen LogP contribution in [0.25, 0.3) is 0 Å². The standard InChI is InChI=1S/C24H20Cl3N3O3S/c1-3-33-24(32)21-13(2)29-23(18(11-28)22(21)17-6-4-5-7-19(17)27)34-12-20(31)30-16-9-14(25)8-15(26)10-16/h4-10,22,29H,3,12H2,1-2H3,(H,30,31). The number of hydrogen-bond donors (Lipinski definition) is 2. The maximum Gasteiger partial charge on any atom is 0.336 e. The number of carbonyl (C=O) groups is 2. The van der Waals surface area contributed by atoms with E-state index in [2.05, 4.69) is 16.7 Å². The van der Waals surface area contributed by atoms with Crippen LogP contribution in [0.4, 0.5) is 5.69 Å². The fourth-order valence-electron chi connectivity index (χ4n) is 3.49. The molecule has 0 bridgehead atoms. The number of anilines is 1. The summed E-state index contributed by atoms with van der Waals surface area (Å²) in [6.07, 6.45) is 0. The molecule has 1 aliphatic rings. The lowest BCUT2D eigenvalue weighted by Crippen LogP contribution is -2.29. The largest absolute Gasteiger partial charge is 0.463 e. The first-order chi connectivity index (χ1) is 16.2. The molecule has 10 heteroatoms. The predicted octanol–water partition coefficient (Wildman–Crippen LogP) is 6.28. The van der Waals surface area contributed by atoms with E-state index in [1.54, 1.807) is 56.3 Å². The third-order valence-corrected chi connectivity index (χ3v) is 6.65. The second kappa shape index (κ2) is 11.7. The number of thioether (sulfide) groups is 1. The number of esters is 1. The number of ether oxygens (including phenoxy) is 1. The molecule has 1 heterocycles. The van der Waals surface area contributed by atoms with Gasteiger partial charge in [-0.25, -0.2) is 4.79 Å². The molecule has 0 radical (unpaired) electrons. The monoisotopic (exact) mass is 535 g/mol. The zero-order valence-corrected chi connectivity index (χ0v) is 21.3. The fraction of sp³-hybridized carbons (Fsp3) is 0.208. The van der Waals surface area contributed by atoms with Crippen molar-refractivity contribution in [2.75, 3.05) is 17.7 Å². The average Bonchev–Trinajstić information content (AvgIpc) is 2.77. The molecule has 0 saturated carbocycles. The van der Waals surface area contributed by atoms with E-state index < -0.39 is 11.9 Å². The first-order valence-electron chi connectivity index (χ1n) is 10.2. The van der Waals surface area contributed by atoms with Gasteiger partial charge in [0.2, 0.25) is 5.91 Å². The molecular formula is C24H20Cl3N3O3S. The molecule has 0 aromatic heterocycles. The van der Waals surface area contributed by atoms with Gasteiger partial charge in [0.15, 0.2) is 0 Å². The highest BCUT2D eigenvalue weighted by molar-refractivity contribution is 8.03. The Morgan fingerprint density at radius 2 is 1.85 bits per heavy atom. The van der Waals surface area contributed by atoms with E-state index in [0.717, 1.165) is 11.8 Å². The second-order valence-corrected chi connectivity index (χ2v) is 9.45. The fourth-order valence-corrected chi connectivity index (χ4v) is 5.15. The summed E-state index contributed by atoms with van der Waals surface area (Å²) in [6.45, 7) is 3.62. The summed E-state index contributed by atoms with van der Waals surface area (Å²) in [6, 6.07) is 13.9. The molecule has 34 heavy (non-hydrogen) atoms. The van der Waals surface area contributed by atoms with Crippen LogP contribution in [-0.2, 0) is 14.3 Å². The molecule has 0 aliphatic carbocycles. The van der Waals surface area contributed by atoms with Crippen molar-refractivity contribution in [3.05, 3.63) is 85.0 Å². The number of carbonyl (C=O) groups excluding carboxylic acids is 2. The Kier molecular flexibility index (Phi) is 8.92. The van der Waals surface area contributed by atoms with Crippen LogP contribution in [0.15, 0.2) is 64.3 Å². The van der Waals surface area contributed by atoms with Gasteiger partial charge in [-0.1, -0.05) is 64.8 Å². The van der Waals surface area contributed by atoms with E-state index in [9.17, 15) is 14.9 Å². The first kappa shape index (κ1) is 26.0. The van der Waals surface area contributed by atoms with Crippen molar-refractivity contribution in [1.29, 1.82) is 5.26 Å². The summed E-state index contributed by atoms with van der Waals surface area (Å²) in [5.74, 6) is -1.60. The van der Waals surface area contributed by atoms with Crippen molar-refractivity contribution in [1.82, 2.24) is 5.32 Å². The molecule has 0 spiro atoms. The third-order valence-electron chi connectivity index (χ3n) is 4.85. The smallest absolute Gasteiger partial charge is 0.336 e. The number of nitrogens with zero attached hydrogens (tertiary/aromatic N) is 1. The van der Waals surface area contributed by atoms with Crippen LogP contribution in [0, 0.1) is 11.3 Å². The van der Waals surface area contributed by atoms with Gasteiger partial charge in [-0.3, -0.25) is 4.79 Å². The van der Waals surface area contributed by atoms with Crippen molar-refractivity contribution < 1.29 is 14.3 Å². The van der Waals surface area contributed by atoms with Gasteiger partial charge in [-0.2, -0.15) is 5.26 Å². The summed E-state index contributed by atoms with van der Waals surface area (Å²) in [5, 5.41) is 17.5. The molecule has 3 rings (SSSR count). The summed E-state index contributed by atoms with van der Waals surface area (Å²) >= 11 is 19.6. The van der Waals surface area contributed by atoms with Crippen LogP contribution < -0.4 is 10.6 Å². The maximum atomic E-state index is 12.8. The number of hydrogen-bond acceptors (Lipinski definition) is 6. The number of dihydropyridines is 1. The van der Waals surface area contributed by atoms with Crippen LogP contribution in [0.3, 0.4) is 0 Å². The molecule has 1 unspecified atom stereocenters. The quantitative estimate of drug-likeness (QED) is 0.405. The molecule has 6 nitrogen and oxygen atoms in total. The number of rotatable bonds is 7. The minimum atomic E-state index is -0.740. The second-order valence-electron chi connectivity index (χ2n) is 7.19. The molecule has 2 aromatic rings. The zero-order chi connectivity index (χ0) is 24.8. The van der Waals surface area contributed by atoms with Gasteiger partial charge >= 0.3 is 5.97 Å². The zero-order valence-electron chi connectivity index (χ0n) is 18.2. The highest BCUT2D eigenvalue weighted by Gasteiger charge is 2.36. The van der Waals surface area contributed by atoms with Gasteiger partial charge in [-0.05, 0) is 43.7 Å². The molecular weight excluding hydrogens is 517 g/mol. The van der Waals surface area contributed by atoms with Gasteiger partial charge in [0.25, 0.3) is 0 Å². The molecule has 1 atom stereocenters. The molecule has 176 valence electrons. The van der Waals surface area contributed by atoms with E-state index in [-0.39, 0.29) is 23.8 Å². The Morgan fingerprint density at radius 1 is 1.18 bits per heavy atom. The van der Waals surface area contributed by atoms with Gasteiger partial charge in [-0.15, -0.1) is 0 Å². The Hall–Kier alpha value is -2.63. The van der Waals surface area contributed by atoms with Crippen molar-refractivity contribution in [2.45, 2.75) is 19.8 Å². The van der Waals surface area contributed by atoms with E-state index in [4.69, 9.17) is 39.5 Å². The van der Waals surface area contributed by atoms with E-state index in [1.807, 2.05) is 0 Å².